The summed E-state index contributed by atoms with van der Waals surface area (Å²) in [4.78, 5) is 15.8. The highest BCUT2D eigenvalue weighted by Gasteiger charge is 2.11. The van der Waals surface area contributed by atoms with E-state index in [0.717, 1.165) is 0 Å². The standard InChI is InChI=1S/C13H15N3O3/c1-3-18-11-7-5-4-6-10(11)15-12(17)8-13-14-9(2)16-19-13/h4-7H,3,8H2,1-2H3,(H,15,17). The number of nitrogens with one attached hydrogen (secondary N) is 1. The second-order valence-electron chi connectivity index (χ2n) is 3.89. The van der Waals surface area contributed by atoms with E-state index in [9.17, 15) is 4.79 Å². The van der Waals surface area contributed by atoms with Gasteiger partial charge in [0.15, 0.2) is 5.82 Å². The molecule has 0 unspecified atom stereocenters. The maximum atomic E-state index is 11.9. The van der Waals surface area contributed by atoms with Crippen molar-refractivity contribution in [3.8, 4) is 5.75 Å². The van der Waals surface area contributed by atoms with Gasteiger partial charge in [-0.15, -0.1) is 0 Å². The van der Waals surface area contributed by atoms with Gasteiger partial charge >= 0.3 is 0 Å². The van der Waals surface area contributed by atoms with E-state index in [1.807, 2.05) is 19.1 Å². The molecule has 0 aliphatic heterocycles. The van der Waals surface area contributed by atoms with Crippen molar-refractivity contribution >= 4 is 11.6 Å². The minimum Gasteiger partial charge on any atom is -0.492 e. The van der Waals surface area contributed by atoms with Crippen LogP contribution >= 0.6 is 0 Å². The molecule has 0 spiro atoms. The molecule has 0 saturated carbocycles. The van der Waals surface area contributed by atoms with Crippen LogP contribution in [0.1, 0.15) is 18.6 Å². The van der Waals surface area contributed by atoms with Crippen molar-refractivity contribution in [2.45, 2.75) is 20.3 Å². The van der Waals surface area contributed by atoms with E-state index in [4.69, 9.17) is 9.26 Å². The summed E-state index contributed by atoms with van der Waals surface area (Å²) in [6, 6.07) is 7.26. The smallest absolute Gasteiger partial charge is 0.236 e. The van der Waals surface area contributed by atoms with Crippen LogP contribution in [0.25, 0.3) is 0 Å². The molecule has 0 bridgehead atoms. The van der Waals surface area contributed by atoms with Crippen LogP contribution < -0.4 is 10.1 Å². The summed E-state index contributed by atoms with van der Waals surface area (Å²) in [5.41, 5.74) is 0.630. The number of rotatable bonds is 5. The molecule has 6 nitrogen and oxygen atoms in total. The van der Waals surface area contributed by atoms with Gasteiger partial charge in [0.2, 0.25) is 11.8 Å². The first-order valence-electron chi connectivity index (χ1n) is 6.00. The fourth-order valence-corrected chi connectivity index (χ4v) is 1.59. The largest absolute Gasteiger partial charge is 0.492 e. The van der Waals surface area contributed by atoms with Gasteiger partial charge in [-0.1, -0.05) is 17.3 Å². The number of nitrogens with zero attached hydrogens (tertiary/aromatic N) is 2. The van der Waals surface area contributed by atoms with Crippen LogP contribution in [0.4, 0.5) is 5.69 Å². The van der Waals surface area contributed by atoms with Crippen molar-refractivity contribution in [1.29, 1.82) is 0 Å². The summed E-state index contributed by atoms with van der Waals surface area (Å²) < 4.78 is 10.3. The van der Waals surface area contributed by atoms with E-state index >= 15 is 0 Å². The Bertz CT molecular complexity index is 566. The lowest BCUT2D eigenvalue weighted by molar-refractivity contribution is -0.115. The number of aryl methyl sites for hydroxylation is 1. The monoisotopic (exact) mass is 261 g/mol. The summed E-state index contributed by atoms with van der Waals surface area (Å²) in [5, 5.41) is 6.39. The minimum absolute atomic E-state index is 0.0430. The Balaban J connectivity index is 2.02. The van der Waals surface area contributed by atoms with Crippen LogP contribution in [-0.4, -0.2) is 22.7 Å². The van der Waals surface area contributed by atoms with Gasteiger partial charge in [-0.3, -0.25) is 4.79 Å². The quantitative estimate of drug-likeness (QED) is 0.890. The fraction of sp³-hybridized carbons (Fsp3) is 0.308. The first-order chi connectivity index (χ1) is 9.19. The molecule has 6 heteroatoms. The topological polar surface area (TPSA) is 77.2 Å². The number of benzene rings is 1. The molecule has 1 aromatic heterocycles. The van der Waals surface area contributed by atoms with E-state index in [1.165, 1.54) is 0 Å². The van der Waals surface area contributed by atoms with Gasteiger partial charge in [-0.2, -0.15) is 4.98 Å². The van der Waals surface area contributed by atoms with Crippen LogP contribution in [-0.2, 0) is 11.2 Å². The van der Waals surface area contributed by atoms with Gasteiger partial charge in [-0.05, 0) is 26.0 Å². The molecule has 0 radical (unpaired) electrons. The molecule has 2 aromatic rings. The predicted octanol–water partition coefficient (Wildman–Crippen LogP) is 1.96. The zero-order valence-corrected chi connectivity index (χ0v) is 10.8. The van der Waals surface area contributed by atoms with Gasteiger partial charge in [0.25, 0.3) is 0 Å². The summed E-state index contributed by atoms with van der Waals surface area (Å²) in [6.07, 6.45) is 0.0430. The molecule has 1 heterocycles. The van der Waals surface area contributed by atoms with Crippen LogP contribution in [0.5, 0.6) is 5.75 Å². The molecular formula is C13H15N3O3. The summed E-state index contributed by atoms with van der Waals surface area (Å²) >= 11 is 0. The van der Waals surface area contributed by atoms with Gasteiger partial charge in [-0.25, -0.2) is 0 Å². The lowest BCUT2D eigenvalue weighted by Gasteiger charge is -2.10. The Morgan fingerprint density at radius 2 is 2.21 bits per heavy atom. The number of carbonyl (C=O) groups is 1. The maximum Gasteiger partial charge on any atom is 0.236 e. The highest BCUT2D eigenvalue weighted by atomic mass is 16.5. The number of carbonyl (C=O) groups excluding carboxylic acids is 1. The average Bonchev–Trinajstić information content (AvgIpc) is 2.77. The first kappa shape index (κ1) is 13.1. The molecule has 100 valence electrons. The number of para-hydroxylation sites is 2. The number of hydrogen-bond acceptors (Lipinski definition) is 5. The van der Waals surface area contributed by atoms with Gasteiger partial charge in [0.05, 0.1) is 12.3 Å². The summed E-state index contributed by atoms with van der Waals surface area (Å²) in [7, 11) is 0. The Kier molecular flexibility index (Phi) is 4.12. The van der Waals surface area contributed by atoms with Crippen molar-refractivity contribution in [3.05, 3.63) is 36.0 Å². The maximum absolute atomic E-state index is 11.9. The zero-order chi connectivity index (χ0) is 13.7. The third kappa shape index (κ3) is 3.54. The highest BCUT2D eigenvalue weighted by molar-refractivity contribution is 5.93. The SMILES string of the molecule is CCOc1ccccc1NC(=O)Cc1nc(C)no1. The molecule has 1 aromatic carbocycles. The summed E-state index contributed by atoms with van der Waals surface area (Å²) in [5.74, 6) is 1.22. The lowest BCUT2D eigenvalue weighted by Crippen LogP contribution is -2.15. The van der Waals surface area contributed by atoms with Crippen molar-refractivity contribution in [1.82, 2.24) is 10.1 Å². The molecule has 19 heavy (non-hydrogen) atoms. The lowest BCUT2D eigenvalue weighted by atomic mass is 10.2. The van der Waals surface area contributed by atoms with Crippen molar-refractivity contribution in [2.75, 3.05) is 11.9 Å². The minimum atomic E-state index is -0.226. The fourth-order valence-electron chi connectivity index (χ4n) is 1.59. The second kappa shape index (κ2) is 5.99. The molecular weight excluding hydrogens is 246 g/mol. The zero-order valence-electron chi connectivity index (χ0n) is 10.8. The second-order valence-corrected chi connectivity index (χ2v) is 3.89. The molecule has 0 aliphatic carbocycles. The van der Waals surface area contributed by atoms with E-state index in [-0.39, 0.29) is 12.3 Å². The highest BCUT2D eigenvalue weighted by Crippen LogP contribution is 2.23. The number of ether oxygens (including phenoxy) is 1. The molecule has 1 N–H and O–H groups in total. The van der Waals surface area contributed by atoms with Crippen LogP contribution in [0.15, 0.2) is 28.8 Å². The number of amides is 1. The normalized spacial score (nSPS) is 10.2. The Morgan fingerprint density at radius 1 is 1.42 bits per heavy atom. The van der Waals surface area contributed by atoms with Crippen LogP contribution in [0.3, 0.4) is 0 Å². The van der Waals surface area contributed by atoms with Crippen molar-refractivity contribution in [3.63, 3.8) is 0 Å². The number of anilines is 1. The van der Waals surface area contributed by atoms with Crippen LogP contribution in [0, 0.1) is 6.92 Å². The average molecular weight is 261 g/mol. The third-order valence-electron chi connectivity index (χ3n) is 2.34. The summed E-state index contributed by atoms with van der Waals surface area (Å²) in [6.45, 7) is 4.13. The molecule has 1 amide bonds. The van der Waals surface area contributed by atoms with E-state index in [0.29, 0.717) is 29.8 Å². The molecule has 2 rings (SSSR count). The van der Waals surface area contributed by atoms with Gasteiger partial charge in [0, 0.05) is 0 Å². The van der Waals surface area contributed by atoms with Gasteiger partial charge < -0.3 is 14.6 Å². The first-order valence-corrected chi connectivity index (χ1v) is 6.00. The Hall–Kier alpha value is -2.37. The molecule has 0 fully saturated rings. The Labute approximate surface area is 110 Å². The number of aromatic nitrogens is 2. The predicted molar refractivity (Wildman–Crippen MR) is 69.0 cm³/mol. The molecule has 0 saturated heterocycles. The van der Waals surface area contributed by atoms with E-state index < -0.39 is 0 Å². The number of hydrogen-bond donors (Lipinski definition) is 1. The van der Waals surface area contributed by atoms with E-state index in [1.54, 1.807) is 19.1 Å². The molecule has 0 aliphatic rings. The molecule has 0 atom stereocenters. The van der Waals surface area contributed by atoms with Crippen molar-refractivity contribution in [2.24, 2.45) is 0 Å². The van der Waals surface area contributed by atoms with E-state index in [2.05, 4.69) is 15.5 Å². The Morgan fingerprint density at radius 3 is 2.89 bits per heavy atom. The van der Waals surface area contributed by atoms with Crippen molar-refractivity contribution < 1.29 is 14.1 Å². The van der Waals surface area contributed by atoms with Gasteiger partial charge in [0.1, 0.15) is 12.2 Å². The van der Waals surface area contributed by atoms with Crippen LogP contribution in [0.2, 0.25) is 0 Å². The third-order valence-corrected chi connectivity index (χ3v) is 2.34.